The first-order valence-electron chi connectivity index (χ1n) is 10.9. The van der Waals surface area contributed by atoms with E-state index in [9.17, 15) is 13.2 Å². The van der Waals surface area contributed by atoms with Crippen LogP contribution in [0.1, 0.15) is 29.5 Å². The number of amidine groups is 1. The zero-order valence-electron chi connectivity index (χ0n) is 18.4. The molecular formula is C24H24N4O3S2. The van der Waals surface area contributed by atoms with Gasteiger partial charge < -0.3 is 10.2 Å². The van der Waals surface area contributed by atoms with Gasteiger partial charge in [0.05, 0.1) is 5.69 Å². The minimum absolute atomic E-state index is 0.0444. The summed E-state index contributed by atoms with van der Waals surface area (Å²) in [5, 5.41) is 5.51. The molecule has 0 spiro atoms. The molecule has 0 atom stereocenters. The van der Waals surface area contributed by atoms with Crippen LogP contribution in [0.4, 0.5) is 5.13 Å². The Kier molecular flexibility index (Phi) is 5.54. The summed E-state index contributed by atoms with van der Waals surface area (Å²) in [5.74, 6) is 0.295. The second-order valence-corrected chi connectivity index (χ2v) is 10.9. The molecule has 0 aliphatic carbocycles. The first-order valence-corrected chi connectivity index (χ1v) is 13.2. The van der Waals surface area contributed by atoms with E-state index in [0.29, 0.717) is 42.5 Å². The lowest BCUT2D eigenvalue weighted by Gasteiger charge is -2.32. The van der Waals surface area contributed by atoms with Gasteiger partial charge in [-0.05, 0) is 56.0 Å². The maximum absolute atomic E-state index is 12.9. The van der Waals surface area contributed by atoms with Gasteiger partial charge in [0.25, 0.3) is 10.0 Å². The van der Waals surface area contributed by atoms with E-state index >= 15 is 0 Å². The number of aryl methyl sites for hydroxylation is 2. The van der Waals surface area contributed by atoms with Crippen molar-refractivity contribution in [3.05, 3.63) is 64.5 Å². The molecule has 3 heterocycles. The van der Waals surface area contributed by atoms with E-state index in [1.54, 1.807) is 18.2 Å². The van der Waals surface area contributed by atoms with Crippen molar-refractivity contribution in [1.29, 1.82) is 0 Å². The summed E-state index contributed by atoms with van der Waals surface area (Å²) in [6, 6.07) is 13.1. The van der Waals surface area contributed by atoms with Crippen molar-refractivity contribution in [3.8, 4) is 11.3 Å². The fraction of sp³-hybridized carbons (Fsp3) is 0.292. The van der Waals surface area contributed by atoms with Crippen LogP contribution in [0.2, 0.25) is 0 Å². The minimum atomic E-state index is -3.64. The minimum Gasteiger partial charge on any atom is -0.355 e. The van der Waals surface area contributed by atoms with E-state index in [2.05, 4.69) is 40.7 Å². The number of anilines is 1. The van der Waals surface area contributed by atoms with Crippen molar-refractivity contribution in [3.63, 3.8) is 0 Å². The lowest BCUT2D eigenvalue weighted by atomic mass is 9.95. The molecule has 1 amide bonds. The second-order valence-electron chi connectivity index (χ2n) is 8.47. The molecule has 0 bridgehead atoms. The van der Waals surface area contributed by atoms with Crippen LogP contribution in [0.15, 0.2) is 57.1 Å². The lowest BCUT2D eigenvalue weighted by Crippen LogP contribution is -2.41. The maximum atomic E-state index is 12.9. The van der Waals surface area contributed by atoms with Crippen LogP contribution in [-0.4, -0.2) is 43.1 Å². The van der Waals surface area contributed by atoms with Gasteiger partial charge in [0.15, 0.2) is 11.0 Å². The smallest absolute Gasteiger partial charge is 0.285 e. The number of aromatic nitrogens is 1. The molecule has 7 nitrogen and oxygen atoms in total. The number of carbonyl (C=O) groups excluding carboxylic acids is 1. The fourth-order valence-electron chi connectivity index (χ4n) is 4.24. The summed E-state index contributed by atoms with van der Waals surface area (Å²) in [7, 11) is -3.64. The molecule has 2 aliphatic rings. The van der Waals surface area contributed by atoms with E-state index in [-0.39, 0.29) is 16.7 Å². The second kappa shape index (κ2) is 8.39. The quantitative estimate of drug-likeness (QED) is 0.606. The number of carbonyl (C=O) groups is 1. The van der Waals surface area contributed by atoms with Crippen molar-refractivity contribution < 1.29 is 13.2 Å². The highest BCUT2D eigenvalue weighted by Gasteiger charge is 2.34. The van der Waals surface area contributed by atoms with Crippen LogP contribution in [0, 0.1) is 19.8 Å². The molecule has 0 saturated carbocycles. The molecule has 1 N–H and O–H groups in total. The summed E-state index contributed by atoms with van der Waals surface area (Å²) in [4.78, 5) is 19.7. The molecule has 1 fully saturated rings. The summed E-state index contributed by atoms with van der Waals surface area (Å²) >= 11 is 1.42. The molecule has 170 valence electrons. The molecule has 0 unspecified atom stereocenters. The number of hydrogen-bond donors (Lipinski definition) is 1. The zero-order chi connectivity index (χ0) is 23.2. The average molecular weight is 481 g/mol. The largest absolute Gasteiger partial charge is 0.355 e. The third kappa shape index (κ3) is 4.18. The summed E-state index contributed by atoms with van der Waals surface area (Å²) in [6.07, 6.45) is 1.25. The van der Waals surface area contributed by atoms with Gasteiger partial charge in [-0.3, -0.25) is 4.79 Å². The van der Waals surface area contributed by atoms with Crippen molar-refractivity contribution >= 4 is 38.2 Å². The Labute approximate surface area is 197 Å². The molecule has 3 aromatic rings. The van der Waals surface area contributed by atoms with E-state index in [4.69, 9.17) is 0 Å². The number of thiazole rings is 1. The molecular weight excluding hydrogens is 456 g/mol. The van der Waals surface area contributed by atoms with Gasteiger partial charge in [0.2, 0.25) is 5.91 Å². The van der Waals surface area contributed by atoms with Gasteiger partial charge in [-0.15, -0.1) is 15.7 Å². The molecule has 2 aliphatic heterocycles. The highest BCUT2D eigenvalue weighted by atomic mass is 32.2. The van der Waals surface area contributed by atoms with Crippen LogP contribution < -0.4 is 5.32 Å². The van der Waals surface area contributed by atoms with E-state index in [1.807, 2.05) is 22.4 Å². The van der Waals surface area contributed by atoms with Gasteiger partial charge >= 0.3 is 0 Å². The number of piperidine rings is 1. The number of amides is 1. The van der Waals surface area contributed by atoms with E-state index < -0.39 is 10.0 Å². The number of benzene rings is 2. The van der Waals surface area contributed by atoms with Gasteiger partial charge in [0.1, 0.15) is 4.90 Å². The van der Waals surface area contributed by atoms with Crippen LogP contribution in [0.3, 0.4) is 0 Å². The Morgan fingerprint density at radius 3 is 2.61 bits per heavy atom. The SMILES string of the molecule is Cc1ccc(-c2csc(NC(=O)C3CCN(C4=NS(=O)(=O)c5ccccc54)CC3)n2)cc1C. The Morgan fingerprint density at radius 2 is 1.85 bits per heavy atom. The normalized spacial score (nSPS) is 17.5. The number of rotatable bonds is 3. The van der Waals surface area contributed by atoms with Crippen LogP contribution in [0.25, 0.3) is 11.3 Å². The highest BCUT2D eigenvalue weighted by Crippen LogP contribution is 2.31. The Hall–Kier alpha value is -3.04. The molecule has 0 radical (unpaired) electrons. The topological polar surface area (TPSA) is 91.7 Å². The predicted octanol–water partition coefficient (Wildman–Crippen LogP) is 4.23. The Bertz CT molecular complexity index is 1370. The predicted molar refractivity (Wildman–Crippen MR) is 130 cm³/mol. The van der Waals surface area contributed by atoms with Crippen molar-refractivity contribution in [2.75, 3.05) is 18.4 Å². The van der Waals surface area contributed by atoms with Crippen molar-refractivity contribution in [2.24, 2.45) is 10.3 Å². The summed E-state index contributed by atoms with van der Waals surface area (Å²) in [6.45, 7) is 5.30. The number of sulfonamides is 1. The highest BCUT2D eigenvalue weighted by molar-refractivity contribution is 7.90. The zero-order valence-corrected chi connectivity index (χ0v) is 20.0. The lowest BCUT2D eigenvalue weighted by molar-refractivity contribution is -0.120. The number of nitrogens with zero attached hydrogens (tertiary/aromatic N) is 3. The van der Waals surface area contributed by atoms with Gasteiger partial charge in [0, 0.05) is 35.5 Å². The monoisotopic (exact) mass is 480 g/mol. The standard InChI is InChI=1S/C24H24N4O3S2/c1-15-7-8-18(13-16(15)2)20-14-32-24(25-20)26-23(29)17-9-11-28(12-10-17)22-19-5-3-4-6-21(19)33(30,31)27-22/h3-8,13-14,17H,9-12H2,1-2H3,(H,25,26,29). The average Bonchev–Trinajstić information content (AvgIpc) is 3.38. The molecule has 1 aromatic heterocycles. The van der Waals surface area contributed by atoms with Crippen LogP contribution >= 0.6 is 11.3 Å². The van der Waals surface area contributed by atoms with Crippen molar-refractivity contribution in [2.45, 2.75) is 31.6 Å². The van der Waals surface area contributed by atoms with Crippen molar-refractivity contribution in [1.82, 2.24) is 9.88 Å². The Balaban J connectivity index is 1.22. The van der Waals surface area contributed by atoms with Crippen LogP contribution in [-0.2, 0) is 14.8 Å². The molecule has 33 heavy (non-hydrogen) atoms. The number of likely N-dealkylation sites (tertiary alicyclic amines) is 1. The van der Waals surface area contributed by atoms with Crippen LogP contribution in [0.5, 0.6) is 0 Å². The molecule has 2 aromatic carbocycles. The Morgan fingerprint density at radius 1 is 1.09 bits per heavy atom. The van der Waals surface area contributed by atoms with Gasteiger partial charge in [-0.25, -0.2) is 4.98 Å². The number of nitrogens with one attached hydrogen (secondary N) is 1. The van der Waals surface area contributed by atoms with E-state index in [1.165, 1.54) is 22.5 Å². The summed E-state index contributed by atoms with van der Waals surface area (Å²) in [5.41, 5.74) is 4.98. The first kappa shape index (κ1) is 21.8. The maximum Gasteiger partial charge on any atom is 0.285 e. The molecule has 5 rings (SSSR count). The third-order valence-electron chi connectivity index (χ3n) is 6.31. The molecule has 9 heteroatoms. The first-order chi connectivity index (χ1) is 15.8. The molecule has 1 saturated heterocycles. The fourth-order valence-corrected chi connectivity index (χ4v) is 6.19. The summed E-state index contributed by atoms with van der Waals surface area (Å²) < 4.78 is 28.7. The number of hydrogen-bond acceptors (Lipinski definition) is 6. The van der Waals surface area contributed by atoms with E-state index in [0.717, 1.165) is 11.3 Å². The van der Waals surface area contributed by atoms with Gasteiger partial charge in [-0.1, -0.05) is 24.3 Å². The van der Waals surface area contributed by atoms with Gasteiger partial charge in [-0.2, -0.15) is 8.42 Å². The number of fused-ring (bicyclic) bond motifs is 1. The third-order valence-corrected chi connectivity index (χ3v) is 8.40.